The smallest absolute Gasteiger partial charge is 0.250 e. The molecule has 3 aromatic rings. The summed E-state index contributed by atoms with van der Waals surface area (Å²) >= 11 is 0. The molecule has 116 valence electrons. The zero-order valence-electron chi connectivity index (χ0n) is 12.5. The van der Waals surface area contributed by atoms with Gasteiger partial charge in [0.15, 0.2) is 0 Å². The fraction of sp³-hybridized carbons (Fsp3) is 0.118. The topological polar surface area (TPSA) is 85.8 Å². The number of nitrogen functional groups attached to an aromatic ring is 1. The van der Waals surface area contributed by atoms with Crippen LogP contribution < -0.4 is 16.6 Å². The third kappa shape index (κ3) is 3.94. The van der Waals surface area contributed by atoms with Crippen LogP contribution in [0.1, 0.15) is 11.1 Å². The summed E-state index contributed by atoms with van der Waals surface area (Å²) in [5.41, 5.74) is 8.63. The molecule has 0 aliphatic rings. The van der Waals surface area contributed by atoms with Gasteiger partial charge in [-0.15, -0.1) is 5.10 Å². The fourth-order valence-corrected chi connectivity index (χ4v) is 2.23. The number of hydrogen-bond donors (Lipinski definition) is 2. The first-order valence-corrected chi connectivity index (χ1v) is 7.26. The van der Waals surface area contributed by atoms with E-state index in [1.807, 2.05) is 30.3 Å². The normalized spacial score (nSPS) is 10.4. The molecule has 0 aliphatic heterocycles. The Hall–Kier alpha value is -3.15. The maximum Gasteiger partial charge on any atom is 0.250 e. The molecule has 2 heterocycles. The summed E-state index contributed by atoms with van der Waals surface area (Å²) in [5, 5.41) is 10.8. The number of benzene rings is 1. The molecule has 0 spiro atoms. The Kier molecular flexibility index (Phi) is 4.33. The lowest BCUT2D eigenvalue weighted by Gasteiger charge is -2.08. The summed E-state index contributed by atoms with van der Waals surface area (Å²) in [6.45, 7) is 1.23. The van der Waals surface area contributed by atoms with E-state index in [9.17, 15) is 4.79 Å². The van der Waals surface area contributed by atoms with Crippen LogP contribution in [0, 0.1) is 0 Å². The van der Waals surface area contributed by atoms with E-state index in [4.69, 9.17) is 5.73 Å². The molecule has 0 aliphatic carbocycles. The van der Waals surface area contributed by atoms with Crippen molar-refractivity contribution in [2.24, 2.45) is 0 Å². The zero-order valence-corrected chi connectivity index (χ0v) is 12.5. The molecule has 0 saturated carbocycles. The van der Waals surface area contributed by atoms with Crippen molar-refractivity contribution in [1.29, 1.82) is 0 Å². The van der Waals surface area contributed by atoms with Crippen LogP contribution in [0.3, 0.4) is 0 Å². The highest BCUT2D eigenvalue weighted by molar-refractivity contribution is 5.47. The van der Waals surface area contributed by atoms with E-state index in [1.165, 1.54) is 0 Å². The van der Waals surface area contributed by atoms with Gasteiger partial charge in [-0.25, -0.2) is 0 Å². The van der Waals surface area contributed by atoms with Crippen LogP contribution in [0.5, 0.6) is 0 Å². The van der Waals surface area contributed by atoms with Crippen molar-refractivity contribution in [3.05, 3.63) is 82.4 Å². The lowest BCUT2D eigenvalue weighted by molar-refractivity contribution is 0.759. The van der Waals surface area contributed by atoms with Gasteiger partial charge >= 0.3 is 0 Å². The van der Waals surface area contributed by atoms with Gasteiger partial charge in [0.05, 0.1) is 18.4 Å². The van der Waals surface area contributed by atoms with Gasteiger partial charge in [0.25, 0.3) is 5.56 Å². The lowest BCUT2D eigenvalue weighted by atomic mass is 10.1. The SMILES string of the molecule is Nc1cc(NCc2ccc(Cn3ccccc3=O)cc2)cnn1. The van der Waals surface area contributed by atoms with Gasteiger partial charge in [-0.3, -0.25) is 4.79 Å². The van der Waals surface area contributed by atoms with Crippen LogP contribution in [-0.4, -0.2) is 14.8 Å². The number of aromatic nitrogens is 3. The summed E-state index contributed by atoms with van der Waals surface area (Å²) in [7, 11) is 0. The molecule has 2 aromatic heterocycles. The van der Waals surface area contributed by atoms with E-state index in [0.29, 0.717) is 18.9 Å². The minimum absolute atomic E-state index is 0.000944. The molecule has 3 rings (SSSR count). The first-order chi connectivity index (χ1) is 11.2. The van der Waals surface area contributed by atoms with Crippen molar-refractivity contribution in [3.8, 4) is 0 Å². The predicted molar refractivity (Wildman–Crippen MR) is 90.0 cm³/mol. The largest absolute Gasteiger partial charge is 0.382 e. The van der Waals surface area contributed by atoms with E-state index in [-0.39, 0.29) is 5.56 Å². The Morgan fingerprint density at radius 1 is 1.09 bits per heavy atom. The maximum atomic E-state index is 11.7. The van der Waals surface area contributed by atoms with Crippen LogP contribution >= 0.6 is 0 Å². The van der Waals surface area contributed by atoms with Crippen molar-refractivity contribution in [2.45, 2.75) is 13.1 Å². The minimum atomic E-state index is 0.000944. The van der Waals surface area contributed by atoms with Crippen LogP contribution in [0.2, 0.25) is 0 Å². The van der Waals surface area contributed by atoms with E-state index >= 15 is 0 Å². The Labute approximate surface area is 133 Å². The van der Waals surface area contributed by atoms with Crippen LogP contribution in [0.15, 0.2) is 65.7 Å². The number of nitrogens with zero attached hydrogens (tertiary/aromatic N) is 3. The van der Waals surface area contributed by atoms with Gasteiger partial charge in [0, 0.05) is 24.9 Å². The van der Waals surface area contributed by atoms with Crippen molar-refractivity contribution in [1.82, 2.24) is 14.8 Å². The van der Waals surface area contributed by atoms with Gasteiger partial charge < -0.3 is 15.6 Å². The molecule has 0 amide bonds. The molecule has 0 radical (unpaired) electrons. The highest BCUT2D eigenvalue weighted by Gasteiger charge is 1.99. The second-order valence-corrected chi connectivity index (χ2v) is 5.21. The average Bonchev–Trinajstić information content (AvgIpc) is 2.56. The second-order valence-electron chi connectivity index (χ2n) is 5.21. The van der Waals surface area contributed by atoms with Gasteiger partial charge in [0.2, 0.25) is 0 Å². The molecule has 0 atom stereocenters. The molecular formula is C17H17N5O. The highest BCUT2D eigenvalue weighted by Crippen LogP contribution is 2.11. The molecule has 23 heavy (non-hydrogen) atoms. The number of nitrogens with two attached hydrogens (primary N) is 1. The zero-order chi connectivity index (χ0) is 16.1. The fourth-order valence-electron chi connectivity index (χ4n) is 2.23. The Bertz CT molecular complexity index is 842. The molecule has 0 unspecified atom stereocenters. The summed E-state index contributed by atoms with van der Waals surface area (Å²) in [6.07, 6.45) is 3.42. The van der Waals surface area contributed by atoms with Gasteiger partial charge in [0.1, 0.15) is 5.82 Å². The van der Waals surface area contributed by atoms with Crippen molar-refractivity contribution >= 4 is 11.5 Å². The van der Waals surface area contributed by atoms with E-state index in [0.717, 1.165) is 16.8 Å². The molecule has 6 nitrogen and oxygen atoms in total. The summed E-state index contributed by atoms with van der Waals surface area (Å²) < 4.78 is 1.68. The maximum absolute atomic E-state index is 11.7. The summed E-state index contributed by atoms with van der Waals surface area (Å²) in [5.74, 6) is 0.388. The molecule has 0 bridgehead atoms. The molecule has 3 N–H and O–H groups in total. The number of pyridine rings is 1. The number of rotatable bonds is 5. The second kappa shape index (κ2) is 6.74. The Morgan fingerprint density at radius 3 is 2.61 bits per heavy atom. The summed E-state index contributed by atoms with van der Waals surface area (Å²) in [4.78, 5) is 11.7. The number of nitrogens with one attached hydrogen (secondary N) is 1. The monoisotopic (exact) mass is 307 g/mol. The first kappa shape index (κ1) is 14.8. The third-order valence-electron chi connectivity index (χ3n) is 3.44. The molecular weight excluding hydrogens is 290 g/mol. The Balaban J connectivity index is 1.63. The van der Waals surface area contributed by atoms with Gasteiger partial charge in [-0.05, 0) is 17.2 Å². The van der Waals surface area contributed by atoms with Crippen LogP contribution in [0.4, 0.5) is 11.5 Å². The predicted octanol–water partition coefficient (Wildman–Crippen LogP) is 1.88. The van der Waals surface area contributed by atoms with E-state index in [1.54, 1.807) is 35.2 Å². The molecule has 0 saturated heterocycles. The Morgan fingerprint density at radius 2 is 1.87 bits per heavy atom. The standard InChI is InChI=1S/C17H17N5O/c18-16-9-15(11-20-21-16)19-10-13-4-6-14(7-5-13)12-22-8-2-1-3-17(22)23/h1-9,11H,10,12H2,(H3,18,19,21). The first-order valence-electron chi connectivity index (χ1n) is 7.26. The molecule has 6 heteroatoms. The average molecular weight is 307 g/mol. The highest BCUT2D eigenvalue weighted by atomic mass is 16.1. The van der Waals surface area contributed by atoms with Gasteiger partial charge in [-0.1, -0.05) is 30.3 Å². The molecule has 1 aromatic carbocycles. The van der Waals surface area contributed by atoms with Crippen molar-refractivity contribution < 1.29 is 0 Å². The lowest BCUT2D eigenvalue weighted by Crippen LogP contribution is -2.18. The van der Waals surface area contributed by atoms with Crippen LogP contribution in [0.25, 0.3) is 0 Å². The van der Waals surface area contributed by atoms with E-state index < -0.39 is 0 Å². The number of anilines is 2. The summed E-state index contributed by atoms with van der Waals surface area (Å²) in [6, 6.07) is 15.0. The van der Waals surface area contributed by atoms with Gasteiger partial charge in [-0.2, -0.15) is 5.10 Å². The van der Waals surface area contributed by atoms with Crippen molar-refractivity contribution in [2.75, 3.05) is 11.1 Å². The van der Waals surface area contributed by atoms with Crippen molar-refractivity contribution in [3.63, 3.8) is 0 Å². The third-order valence-corrected chi connectivity index (χ3v) is 3.44. The van der Waals surface area contributed by atoms with Crippen LogP contribution in [-0.2, 0) is 13.1 Å². The molecule has 0 fully saturated rings. The number of hydrogen-bond acceptors (Lipinski definition) is 5. The minimum Gasteiger partial charge on any atom is -0.382 e. The van der Waals surface area contributed by atoms with E-state index in [2.05, 4.69) is 15.5 Å². The quantitative estimate of drug-likeness (QED) is 0.751.